The Morgan fingerprint density at radius 2 is 2.06 bits per heavy atom. The van der Waals surface area contributed by atoms with Crippen LogP contribution < -0.4 is 0 Å². The number of nitrogens with zero attached hydrogens (tertiary/aromatic N) is 2. The molecule has 0 N–H and O–H groups in total. The van der Waals surface area contributed by atoms with Gasteiger partial charge in [0.15, 0.2) is 5.82 Å². The second-order valence-corrected chi connectivity index (χ2v) is 5.22. The number of hydrogen-bond acceptors (Lipinski definition) is 3. The van der Waals surface area contributed by atoms with Crippen molar-refractivity contribution in [1.82, 2.24) is 9.97 Å². The number of hydrogen-bond donors (Lipinski definition) is 0. The SMILES string of the molecule is CCCC(OCC)c1ncc(CBr)c(C(C)C)n1. The molecule has 18 heavy (non-hydrogen) atoms. The molecule has 0 aliphatic rings. The van der Waals surface area contributed by atoms with Crippen LogP contribution in [0.25, 0.3) is 0 Å². The summed E-state index contributed by atoms with van der Waals surface area (Å²) >= 11 is 3.49. The van der Waals surface area contributed by atoms with E-state index in [1.807, 2.05) is 13.1 Å². The Labute approximate surface area is 119 Å². The number of alkyl halides is 1. The molecule has 4 heteroatoms. The van der Waals surface area contributed by atoms with Gasteiger partial charge in [-0.25, -0.2) is 9.97 Å². The van der Waals surface area contributed by atoms with Crippen molar-refractivity contribution in [3.8, 4) is 0 Å². The highest BCUT2D eigenvalue weighted by molar-refractivity contribution is 9.08. The zero-order chi connectivity index (χ0) is 13.5. The van der Waals surface area contributed by atoms with Gasteiger partial charge in [-0.3, -0.25) is 0 Å². The number of halogens is 1. The molecule has 0 saturated carbocycles. The van der Waals surface area contributed by atoms with Gasteiger partial charge in [-0.05, 0) is 19.3 Å². The van der Waals surface area contributed by atoms with E-state index in [9.17, 15) is 0 Å². The molecule has 1 rings (SSSR count). The van der Waals surface area contributed by atoms with E-state index >= 15 is 0 Å². The summed E-state index contributed by atoms with van der Waals surface area (Å²) in [5, 5.41) is 0.799. The molecule has 1 aromatic rings. The summed E-state index contributed by atoms with van der Waals surface area (Å²) in [7, 11) is 0. The summed E-state index contributed by atoms with van der Waals surface area (Å²) in [5.74, 6) is 1.23. The lowest BCUT2D eigenvalue weighted by molar-refractivity contribution is 0.0491. The standard InChI is InChI=1S/C14H23BrN2O/c1-5-7-12(18-6-2)14-16-9-11(8-15)13(17-14)10(3)4/h9-10,12H,5-8H2,1-4H3. The van der Waals surface area contributed by atoms with Crippen molar-refractivity contribution >= 4 is 15.9 Å². The molecule has 1 unspecified atom stereocenters. The van der Waals surface area contributed by atoms with Crippen LogP contribution in [0, 0.1) is 0 Å². The molecule has 1 heterocycles. The third-order valence-corrected chi connectivity index (χ3v) is 3.42. The lowest BCUT2D eigenvalue weighted by Gasteiger charge is -2.17. The second-order valence-electron chi connectivity index (χ2n) is 4.66. The first-order valence-corrected chi connectivity index (χ1v) is 7.79. The Hall–Kier alpha value is -0.480. The average molecular weight is 315 g/mol. The molecule has 0 aliphatic heterocycles. The van der Waals surface area contributed by atoms with Gasteiger partial charge in [0.25, 0.3) is 0 Å². The van der Waals surface area contributed by atoms with Gasteiger partial charge in [0.05, 0.1) is 5.69 Å². The van der Waals surface area contributed by atoms with Gasteiger partial charge in [0, 0.05) is 23.7 Å². The van der Waals surface area contributed by atoms with Crippen molar-refractivity contribution < 1.29 is 4.74 Å². The van der Waals surface area contributed by atoms with Gasteiger partial charge >= 0.3 is 0 Å². The molecule has 0 bridgehead atoms. The molecule has 0 spiro atoms. The van der Waals surface area contributed by atoms with E-state index in [4.69, 9.17) is 9.72 Å². The Balaban J connectivity index is 3.04. The van der Waals surface area contributed by atoms with E-state index in [1.54, 1.807) is 0 Å². The molecule has 1 atom stereocenters. The van der Waals surface area contributed by atoms with Gasteiger partial charge in [-0.1, -0.05) is 43.1 Å². The molecule has 0 amide bonds. The molecule has 0 radical (unpaired) electrons. The first-order chi connectivity index (χ1) is 8.63. The quantitative estimate of drug-likeness (QED) is 0.701. The normalized spacial score (nSPS) is 13.0. The predicted molar refractivity (Wildman–Crippen MR) is 78.0 cm³/mol. The zero-order valence-corrected chi connectivity index (χ0v) is 13.3. The van der Waals surface area contributed by atoms with Gasteiger partial charge in [-0.15, -0.1) is 0 Å². The summed E-state index contributed by atoms with van der Waals surface area (Å²) in [6.45, 7) is 9.19. The van der Waals surface area contributed by atoms with Crippen LogP contribution in [0.3, 0.4) is 0 Å². The minimum absolute atomic E-state index is 0.0295. The maximum absolute atomic E-state index is 5.74. The fraction of sp³-hybridized carbons (Fsp3) is 0.714. The van der Waals surface area contributed by atoms with Gasteiger partial charge in [0.1, 0.15) is 6.10 Å². The van der Waals surface area contributed by atoms with E-state index in [-0.39, 0.29) is 6.10 Å². The smallest absolute Gasteiger partial charge is 0.157 e. The number of aromatic nitrogens is 2. The summed E-state index contributed by atoms with van der Waals surface area (Å²) < 4.78 is 5.74. The summed E-state index contributed by atoms with van der Waals surface area (Å²) in [6.07, 6.45) is 4.00. The molecule has 102 valence electrons. The van der Waals surface area contributed by atoms with E-state index in [2.05, 4.69) is 41.7 Å². The first kappa shape index (κ1) is 15.6. The van der Waals surface area contributed by atoms with Crippen LogP contribution in [0.2, 0.25) is 0 Å². The minimum Gasteiger partial charge on any atom is -0.371 e. The molecule has 1 aromatic heterocycles. The van der Waals surface area contributed by atoms with E-state index in [0.29, 0.717) is 12.5 Å². The summed E-state index contributed by atoms with van der Waals surface area (Å²) in [5.41, 5.74) is 2.29. The summed E-state index contributed by atoms with van der Waals surface area (Å²) in [4.78, 5) is 9.18. The molecular formula is C14H23BrN2O. The van der Waals surface area contributed by atoms with Crippen molar-refractivity contribution in [2.24, 2.45) is 0 Å². The van der Waals surface area contributed by atoms with Crippen molar-refractivity contribution in [1.29, 1.82) is 0 Å². The van der Waals surface area contributed by atoms with Crippen LogP contribution in [0.15, 0.2) is 6.20 Å². The third-order valence-electron chi connectivity index (χ3n) is 2.81. The Kier molecular flexibility index (Phi) is 6.79. The minimum atomic E-state index is 0.0295. The first-order valence-electron chi connectivity index (χ1n) is 6.67. The highest BCUT2D eigenvalue weighted by Gasteiger charge is 2.17. The maximum Gasteiger partial charge on any atom is 0.157 e. The number of rotatable bonds is 7. The van der Waals surface area contributed by atoms with Crippen LogP contribution >= 0.6 is 15.9 Å². The molecule has 3 nitrogen and oxygen atoms in total. The van der Waals surface area contributed by atoms with Crippen molar-refractivity contribution in [3.05, 3.63) is 23.3 Å². The van der Waals surface area contributed by atoms with Gasteiger partial charge < -0.3 is 4.74 Å². The fourth-order valence-corrected chi connectivity index (χ4v) is 2.37. The highest BCUT2D eigenvalue weighted by Crippen LogP contribution is 2.24. The molecule has 0 saturated heterocycles. The van der Waals surface area contributed by atoms with Crippen LogP contribution in [0.5, 0.6) is 0 Å². The zero-order valence-electron chi connectivity index (χ0n) is 11.7. The van der Waals surface area contributed by atoms with Crippen molar-refractivity contribution in [2.45, 2.75) is 57.9 Å². The fourth-order valence-electron chi connectivity index (χ4n) is 1.94. The molecule has 0 fully saturated rings. The molecule has 0 aliphatic carbocycles. The number of ether oxygens (including phenoxy) is 1. The lowest BCUT2D eigenvalue weighted by Crippen LogP contribution is -2.12. The van der Waals surface area contributed by atoms with Crippen molar-refractivity contribution in [2.75, 3.05) is 6.61 Å². The van der Waals surface area contributed by atoms with Crippen LogP contribution in [-0.4, -0.2) is 16.6 Å². The van der Waals surface area contributed by atoms with E-state index < -0.39 is 0 Å². The average Bonchev–Trinajstić information content (AvgIpc) is 2.37. The largest absolute Gasteiger partial charge is 0.371 e. The monoisotopic (exact) mass is 314 g/mol. The molecular weight excluding hydrogens is 292 g/mol. The van der Waals surface area contributed by atoms with Crippen LogP contribution in [-0.2, 0) is 10.1 Å². The second kappa shape index (κ2) is 7.85. The Bertz CT molecular complexity index is 363. The van der Waals surface area contributed by atoms with Gasteiger partial charge in [-0.2, -0.15) is 0 Å². The van der Waals surface area contributed by atoms with Crippen LogP contribution in [0.4, 0.5) is 0 Å². The van der Waals surface area contributed by atoms with Crippen LogP contribution in [0.1, 0.15) is 69.6 Å². The Morgan fingerprint density at radius 3 is 2.56 bits per heavy atom. The predicted octanol–water partition coefficient (Wildman–Crippen LogP) is 4.37. The maximum atomic E-state index is 5.74. The molecule has 0 aromatic carbocycles. The lowest BCUT2D eigenvalue weighted by atomic mass is 10.1. The Morgan fingerprint density at radius 1 is 1.33 bits per heavy atom. The third kappa shape index (κ3) is 4.02. The van der Waals surface area contributed by atoms with Crippen molar-refractivity contribution in [3.63, 3.8) is 0 Å². The highest BCUT2D eigenvalue weighted by atomic mass is 79.9. The van der Waals surface area contributed by atoms with Gasteiger partial charge in [0.2, 0.25) is 0 Å². The van der Waals surface area contributed by atoms with E-state index in [1.165, 1.54) is 5.56 Å². The topological polar surface area (TPSA) is 35.0 Å². The summed E-state index contributed by atoms with van der Waals surface area (Å²) in [6, 6.07) is 0. The van der Waals surface area contributed by atoms with E-state index in [0.717, 1.165) is 29.7 Å².